The van der Waals surface area contributed by atoms with Crippen molar-refractivity contribution in [2.45, 2.75) is 69.4 Å². The van der Waals surface area contributed by atoms with Crippen molar-refractivity contribution in [3.63, 3.8) is 0 Å². The third kappa shape index (κ3) is 6.55. The predicted molar refractivity (Wildman–Crippen MR) is 125 cm³/mol. The van der Waals surface area contributed by atoms with E-state index in [0.717, 1.165) is 41.9 Å². The fourth-order valence-electron chi connectivity index (χ4n) is 3.90. The average Bonchev–Trinajstić information content (AvgIpc) is 2.65. The molecule has 0 nitrogen and oxygen atoms in total. The molecule has 0 aliphatic heterocycles. The smallest absolute Gasteiger partial charge is 0.170 e. The third-order valence-electron chi connectivity index (χ3n) is 5.41. The number of allylic oxidation sites excluding steroid dienone is 6. The van der Waals surface area contributed by atoms with E-state index < -0.39 is 12.1 Å². The van der Waals surface area contributed by atoms with E-state index in [9.17, 15) is 13.2 Å². The minimum absolute atomic E-state index is 0.307. The van der Waals surface area contributed by atoms with Gasteiger partial charge in [0, 0.05) is 9.92 Å². The van der Waals surface area contributed by atoms with Gasteiger partial charge in [0.25, 0.3) is 0 Å². The first-order valence-corrected chi connectivity index (χ1v) is 11.7. The molecular formula is C25H30ClF3S. The van der Waals surface area contributed by atoms with Crippen LogP contribution in [0.5, 0.6) is 0 Å². The highest BCUT2D eigenvalue weighted by atomic mass is 35.5. The molecule has 0 saturated heterocycles. The Labute approximate surface area is 188 Å². The summed E-state index contributed by atoms with van der Waals surface area (Å²) in [6.45, 7) is 11.4. The van der Waals surface area contributed by atoms with E-state index in [-0.39, 0.29) is 0 Å². The molecule has 1 aromatic rings. The summed E-state index contributed by atoms with van der Waals surface area (Å²) in [6, 6.07) is 3.52. The van der Waals surface area contributed by atoms with Gasteiger partial charge in [0.15, 0.2) is 0 Å². The van der Waals surface area contributed by atoms with Crippen LogP contribution in [-0.2, 0) is 6.42 Å². The van der Waals surface area contributed by atoms with E-state index in [1.54, 1.807) is 36.9 Å². The van der Waals surface area contributed by atoms with Gasteiger partial charge in [0.05, 0.1) is 0 Å². The number of hydrogen-bond donors (Lipinski definition) is 0. The molecule has 0 N–H and O–H groups in total. The van der Waals surface area contributed by atoms with Gasteiger partial charge >= 0.3 is 6.18 Å². The second-order valence-corrected chi connectivity index (χ2v) is 9.31. The Kier molecular flexibility index (Phi) is 9.36. The summed E-state index contributed by atoms with van der Waals surface area (Å²) in [6.07, 6.45) is 5.83. The lowest BCUT2D eigenvalue weighted by atomic mass is 9.77. The summed E-state index contributed by atoms with van der Waals surface area (Å²) in [5.41, 5.74) is 3.31. The van der Waals surface area contributed by atoms with E-state index >= 15 is 0 Å². The molecular weight excluding hydrogens is 425 g/mol. The monoisotopic (exact) mass is 454 g/mol. The summed E-state index contributed by atoms with van der Waals surface area (Å²) in [4.78, 5) is 0.803. The van der Waals surface area contributed by atoms with Crippen molar-refractivity contribution < 1.29 is 13.2 Å². The molecule has 1 atom stereocenters. The van der Waals surface area contributed by atoms with Gasteiger partial charge in [-0.15, -0.1) is 11.8 Å². The number of halogens is 4. The summed E-state index contributed by atoms with van der Waals surface area (Å²) in [5.74, 6) is -0.767. The van der Waals surface area contributed by atoms with Gasteiger partial charge in [-0.25, -0.2) is 0 Å². The van der Waals surface area contributed by atoms with Crippen LogP contribution < -0.4 is 0 Å². The van der Waals surface area contributed by atoms with Crippen LogP contribution in [0, 0.1) is 0 Å². The van der Waals surface area contributed by atoms with Crippen molar-refractivity contribution in [3.8, 4) is 0 Å². The zero-order valence-corrected chi connectivity index (χ0v) is 19.3. The maximum atomic E-state index is 14.0. The van der Waals surface area contributed by atoms with E-state index in [1.807, 2.05) is 12.1 Å². The molecule has 1 unspecified atom stereocenters. The molecule has 0 spiro atoms. The molecule has 30 heavy (non-hydrogen) atoms. The largest absolute Gasteiger partial charge is 0.399 e. The first-order valence-electron chi connectivity index (χ1n) is 10.3. The number of hydrogen-bond acceptors (Lipinski definition) is 1. The predicted octanol–water partition coefficient (Wildman–Crippen LogP) is 9.22. The molecule has 5 heteroatoms. The number of benzene rings is 1. The van der Waals surface area contributed by atoms with E-state index in [1.165, 1.54) is 5.57 Å². The van der Waals surface area contributed by atoms with Crippen molar-refractivity contribution in [2.24, 2.45) is 0 Å². The number of fused-ring (bicyclic) bond motifs is 1. The molecule has 2 rings (SSSR count). The average molecular weight is 455 g/mol. The maximum Gasteiger partial charge on any atom is 0.399 e. The lowest BCUT2D eigenvalue weighted by molar-refractivity contribution is -0.142. The van der Waals surface area contributed by atoms with E-state index in [0.29, 0.717) is 34.6 Å². The Balaban J connectivity index is 2.26. The van der Waals surface area contributed by atoms with Crippen molar-refractivity contribution in [2.75, 3.05) is 5.75 Å². The maximum absolute atomic E-state index is 14.0. The number of rotatable bonds is 10. The van der Waals surface area contributed by atoms with Crippen LogP contribution >= 0.6 is 23.4 Å². The van der Waals surface area contributed by atoms with Crippen molar-refractivity contribution in [1.29, 1.82) is 0 Å². The van der Waals surface area contributed by atoms with Crippen LogP contribution in [0.15, 0.2) is 65.1 Å². The summed E-state index contributed by atoms with van der Waals surface area (Å²) in [7, 11) is 0. The van der Waals surface area contributed by atoms with E-state index in [2.05, 4.69) is 20.1 Å². The van der Waals surface area contributed by atoms with Crippen molar-refractivity contribution >= 4 is 23.4 Å². The Morgan fingerprint density at radius 3 is 2.67 bits per heavy atom. The second kappa shape index (κ2) is 11.3. The molecule has 1 aromatic carbocycles. The summed E-state index contributed by atoms with van der Waals surface area (Å²) in [5, 5.41) is 0.428. The van der Waals surface area contributed by atoms with Gasteiger partial charge < -0.3 is 0 Å². The highest BCUT2D eigenvalue weighted by Gasteiger charge is 2.45. The van der Waals surface area contributed by atoms with Crippen LogP contribution in [0.3, 0.4) is 0 Å². The van der Waals surface area contributed by atoms with Crippen LogP contribution in [0.25, 0.3) is 0 Å². The molecule has 0 aromatic heterocycles. The van der Waals surface area contributed by atoms with Gasteiger partial charge in [0.2, 0.25) is 0 Å². The van der Waals surface area contributed by atoms with Gasteiger partial charge in [-0.3, -0.25) is 0 Å². The molecule has 1 aliphatic rings. The molecule has 0 radical (unpaired) electrons. The zero-order valence-electron chi connectivity index (χ0n) is 17.7. The molecule has 0 saturated carbocycles. The SMILES string of the molecule is C=C/C=C\CC1=C(C)C(C(F)(F)F)c2cc(SCCCC(=C)CCC)cc(Cl)c2C1. The normalized spacial score (nSPS) is 16.8. The quantitative estimate of drug-likeness (QED) is 0.147. The number of alkyl halides is 3. The Bertz CT molecular complexity index is 834. The van der Waals surface area contributed by atoms with Crippen LogP contribution in [0.1, 0.15) is 63.0 Å². The minimum Gasteiger partial charge on any atom is -0.170 e. The molecule has 0 fully saturated rings. The topological polar surface area (TPSA) is 0 Å². The van der Waals surface area contributed by atoms with Crippen LogP contribution in [-0.4, -0.2) is 11.9 Å². The highest BCUT2D eigenvalue weighted by Crippen LogP contribution is 2.49. The van der Waals surface area contributed by atoms with E-state index in [4.69, 9.17) is 11.6 Å². The second-order valence-electron chi connectivity index (χ2n) is 7.73. The lowest BCUT2D eigenvalue weighted by Crippen LogP contribution is -2.27. The van der Waals surface area contributed by atoms with Gasteiger partial charge in [-0.1, -0.05) is 73.1 Å². The fourth-order valence-corrected chi connectivity index (χ4v) is 5.20. The number of thioether (sulfide) groups is 1. The first kappa shape index (κ1) is 24.9. The Hall–Kier alpha value is -1.39. The minimum atomic E-state index is -4.35. The van der Waals surface area contributed by atoms with Crippen molar-refractivity contribution in [1.82, 2.24) is 0 Å². The fraction of sp³-hybridized carbons (Fsp3) is 0.440. The Morgan fingerprint density at radius 1 is 1.30 bits per heavy atom. The third-order valence-corrected chi connectivity index (χ3v) is 6.81. The molecule has 164 valence electrons. The molecule has 0 heterocycles. The standard InChI is InChI=1S/C25H30ClF3S/c1-5-7-8-12-19-14-21-22(24(18(19)4)25(27,28)29)15-20(16-23(21)26)30-13-9-11-17(3)10-6-2/h5,7-8,15-16,24H,1,3,6,9-14H2,2,4H3/b8-7-. The highest BCUT2D eigenvalue weighted by molar-refractivity contribution is 7.99. The summed E-state index contributed by atoms with van der Waals surface area (Å²) >= 11 is 8.06. The lowest BCUT2D eigenvalue weighted by Gasteiger charge is -2.32. The molecule has 0 amide bonds. The van der Waals surface area contributed by atoms with Gasteiger partial charge in [0.1, 0.15) is 5.92 Å². The van der Waals surface area contributed by atoms with Gasteiger partial charge in [-0.05, 0) is 68.0 Å². The summed E-state index contributed by atoms with van der Waals surface area (Å²) < 4.78 is 42.1. The Morgan fingerprint density at radius 2 is 2.03 bits per heavy atom. The van der Waals surface area contributed by atoms with Crippen LogP contribution in [0.4, 0.5) is 13.2 Å². The van der Waals surface area contributed by atoms with Gasteiger partial charge in [-0.2, -0.15) is 13.2 Å². The zero-order chi connectivity index (χ0) is 22.3. The van der Waals surface area contributed by atoms with Crippen LogP contribution in [0.2, 0.25) is 5.02 Å². The molecule has 0 bridgehead atoms. The molecule has 1 aliphatic carbocycles. The first-order chi connectivity index (χ1) is 14.2. The van der Waals surface area contributed by atoms with Crippen molar-refractivity contribution in [3.05, 3.63) is 76.4 Å².